The summed E-state index contributed by atoms with van der Waals surface area (Å²) in [6, 6.07) is 0.314. The summed E-state index contributed by atoms with van der Waals surface area (Å²) in [6.45, 7) is 4.87. The highest BCUT2D eigenvalue weighted by atomic mass is 32.2. The molecule has 4 N–H and O–H groups in total. The van der Waals surface area contributed by atoms with Crippen LogP contribution in [0.1, 0.15) is 20.8 Å². The van der Waals surface area contributed by atoms with Crippen molar-refractivity contribution in [1.29, 1.82) is 0 Å². The molecule has 1 aromatic rings. The molecular weight excluding hydrogens is 292 g/mol. The average Bonchev–Trinajstić information content (AvgIpc) is 2.19. The molecule has 1 aromatic carbocycles. The second kappa shape index (κ2) is 5.23. The highest BCUT2D eigenvalue weighted by Gasteiger charge is 2.26. The van der Waals surface area contributed by atoms with Gasteiger partial charge in [0.05, 0.1) is 0 Å². The number of nitrogens with one attached hydrogen (secondary N) is 2. The molecule has 0 aliphatic carbocycles. The number of anilines is 1. The van der Waals surface area contributed by atoms with Crippen molar-refractivity contribution in [1.82, 2.24) is 10.0 Å². The lowest BCUT2D eigenvalue weighted by Crippen LogP contribution is -2.48. The lowest BCUT2D eigenvalue weighted by atomic mass is 10.1. The third kappa shape index (κ3) is 4.05. The van der Waals surface area contributed by atoms with Crippen molar-refractivity contribution in [2.24, 2.45) is 0 Å². The number of urea groups is 1. The van der Waals surface area contributed by atoms with E-state index in [1.807, 2.05) is 0 Å². The predicted octanol–water partition coefficient (Wildman–Crippen LogP) is 1.33. The lowest BCUT2D eigenvalue weighted by Gasteiger charge is -2.20. The first kappa shape index (κ1) is 16.2. The van der Waals surface area contributed by atoms with E-state index in [0.717, 1.165) is 6.07 Å². The molecule has 0 unspecified atom stereocenters. The molecule has 0 radical (unpaired) electrons. The van der Waals surface area contributed by atoms with E-state index in [0.29, 0.717) is 6.07 Å². The van der Waals surface area contributed by atoms with Crippen molar-refractivity contribution in [3.63, 3.8) is 0 Å². The van der Waals surface area contributed by atoms with Gasteiger partial charge in [-0.25, -0.2) is 26.7 Å². The van der Waals surface area contributed by atoms with Crippen molar-refractivity contribution >= 4 is 21.7 Å². The fourth-order valence-electron chi connectivity index (χ4n) is 1.32. The Labute approximate surface area is 115 Å². The molecule has 0 fully saturated rings. The molecule has 0 bridgehead atoms. The van der Waals surface area contributed by atoms with Crippen LogP contribution in [-0.2, 0) is 10.0 Å². The van der Waals surface area contributed by atoms with Gasteiger partial charge in [0, 0.05) is 11.2 Å². The first-order valence-electron chi connectivity index (χ1n) is 5.52. The maximum absolute atomic E-state index is 13.5. The summed E-state index contributed by atoms with van der Waals surface area (Å²) in [4.78, 5) is 10.5. The van der Waals surface area contributed by atoms with Gasteiger partial charge in [0.2, 0.25) is 0 Å². The number of carbonyl (C=O) groups is 1. The van der Waals surface area contributed by atoms with Crippen molar-refractivity contribution in [2.45, 2.75) is 31.2 Å². The van der Waals surface area contributed by atoms with Gasteiger partial charge < -0.3 is 11.1 Å². The van der Waals surface area contributed by atoms with Crippen LogP contribution in [0.5, 0.6) is 0 Å². The molecule has 0 heterocycles. The number of sulfonamides is 1. The third-order valence-electron chi connectivity index (χ3n) is 2.02. The number of amides is 2. The fraction of sp³-hybridized carbons (Fsp3) is 0.364. The second-order valence-corrected chi connectivity index (χ2v) is 6.78. The largest absolute Gasteiger partial charge is 0.399 e. The van der Waals surface area contributed by atoms with Crippen LogP contribution in [0.4, 0.5) is 19.3 Å². The lowest BCUT2D eigenvalue weighted by molar-refractivity contribution is 0.237. The van der Waals surface area contributed by atoms with E-state index in [1.165, 1.54) is 0 Å². The minimum Gasteiger partial charge on any atom is -0.399 e. The van der Waals surface area contributed by atoms with E-state index in [9.17, 15) is 22.0 Å². The molecule has 2 amide bonds. The van der Waals surface area contributed by atoms with Crippen LogP contribution in [0, 0.1) is 11.6 Å². The Morgan fingerprint density at radius 2 is 1.80 bits per heavy atom. The van der Waals surface area contributed by atoms with Gasteiger partial charge >= 0.3 is 6.03 Å². The Morgan fingerprint density at radius 3 is 2.30 bits per heavy atom. The van der Waals surface area contributed by atoms with Gasteiger partial charge in [0.1, 0.15) is 4.90 Å². The standard InChI is InChI=1S/C11H15F2N3O3S/c1-11(2,3)15-10(17)16-20(18,19)8-5-6(14)4-7(12)9(8)13/h4-5H,14H2,1-3H3,(H2,15,16,17). The van der Waals surface area contributed by atoms with Gasteiger partial charge in [-0.3, -0.25) is 0 Å². The molecule has 0 aromatic heterocycles. The number of carbonyl (C=O) groups excluding carboxylic acids is 1. The number of nitrogen functional groups attached to an aromatic ring is 1. The maximum Gasteiger partial charge on any atom is 0.329 e. The summed E-state index contributed by atoms with van der Waals surface area (Å²) in [6.07, 6.45) is 0. The van der Waals surface area contributed by atoms with Gasteiger partial charge in [-0.15, -0.1) is 0 Å². The molecule has 0 saturated heterocycles. The number of rotatable bonds is 2. The Balaban J connectivity index is 3.10. The molecule has 6 nitrogen and oxygen atoms in total. The highest BCUT2D eigenvalue weighted by Crippen LogP contribution is 2.20. The number of halogens is 2. The molecule has 0 atom stereocenters. The zero-order valence-corrected chi connectivity index (χ0v) is 11.9. The van der Waals surface area contributed by atoms with Crippen molar-refractivity contribution in [2.75, 3.05) is 5.73 Å². The molecule has 0 aliphatic heterocycles. The molecular formula is C11H15F2N3O3S. The SMILES string of the molecule is CC(C)(C)NC(=O)NS(=O)(=O)c1cc(N)cc(F)c1F. The minimum atomic E-state index is -4.56. The maximum atomic E-state index is 13.5. The number of hydrogen-bond donors (Lipinski definition) is 3. The third-order valence-corrected chi connectivity index (χ3v) is 3.35. The van der Waals surface area contributed by atoms with Crippen LogP contribution < -0.4 is 15.8 Å². The van der Waals surface area contributed by atoms with Gasteiger partial charge in [0.15, 0.2) is 11.6 Å². The normalized spacial score (nSPS) is 12.1. The van der Waals surface area contributed by atoms with Crippen molar-refractivity contribution in [3.8, 4) is 0 Å². The van der Waals surface area contributed by atoms with Crippen LogP contribution in [0.25, 0.3) is 0 Å². The van der Waals surface area contributed by atoms with Crippen molar-refractivity contribution in [3.05, 3.63) is 23.8 Å². The summed E-state index contributed by atoms with van der Waals surface area (Å²) in [5, 5.41) is 2.32. The summed E-state index contributed by atoms with van der Waals surface area (Å²) >= 11 is 0. The topological polar surface area (TPSA) is 101 Å². The molecule has 0 spiro atoms. The summed E-state index contributed by atoms with van der Waals surface area (Å²) < 4.78 is 51.8. The fourth-order valence-corrected chi connectivity index (χ4v) is 2.35. The quantitative estimate of drug-likeness (QED) is 0.717. The van der Waals surface area contributed by atoms with Gasteiger partial charge in [0.25, 0.3) is 10.0 Å². The zero-order chi connectivity index (χ0) is 15.7. The Kier molecular flexibility index (Phi) is 4.23. The van der Waals surface area contributed by atoms with Crippen LogP contribution in [0.15, 0.2) is 17.0 Å². The van der Waals surface area contributed by atoms with Crippen molar-refractivity contribution < 1.29 is 22.0 Å². The summed E-state index contributed by atoms with van der Waals surface area (Å²) in [5.41, 5.74) is 4.29. The molecule has 0 aliphatic rings. The second-order valence-electron chi connectivity index (χ2n) is 5.12. The van der Waals surface area contributed by atoms with E-state index >= 15 is 0 Å². The van der Waals surface area contributed by atoms with E-state index < -0.39 is 38.1 Å². The van der Waals surface area contributed by atoms with E-state index in [-0.39, 0.29) is 5.69 Å². The minimum absolute atomic E-state index is 0.277. The zero-order valence-electron chi connectivity index (χ0n) is 11.1. The van der Waals surface area contributed by atoms with Gasteiger partial charge in [-0.1, -0.05) is 0 Å². The molecule has 20 heavy (non-hydrogen) atoms. The number of hydrogen-bond acceptors (Lipinski definition) is 4. The summed E-state index contributed by atoms with van der Waals surface area (Å²) in [7, 11) is -4.56. The first-order valence-corrected chi connectivity index (χ1v) is 7.00. The van der Waals surface area contributed by atoms with Crippen LogP contribution in [-0.4, -0.2) is 20.0 Å². The molecule has 112 valence electrons. The predicted molar refractivity (Wildman–Crippen MR) is 69.4 cm³/mol. The van der Waals surface area contributed by atoms with E-state index in [4.69, 9.17) is 5.73 Å². The van der Waals surface area contributed by atoms with Gasteiger partial charge in [-0.05, 0) is 32.9 Å². The Bertz CT molecular complexity index is 639. The first-order chi connectivity index (χ1) is 8.92. The van der Waals surface area contributed by atoms with Crippen LogP contribution in [0.3, 0.4) is 0 Å². The molecule has 0 saturated carbocycles. The highest BCUT2D eigenvalue weighted by molar-refractivity contribution is 7.90. The Morgan fingerprint density at radius 1 is 1.25 bits per heavy atom. The number of nitrogens with two attached hydrogens (primary N) is 1. The average molecular weight is 307 g/mol. The van der Waals surface area contributed by atoms with Crippen LogP contribution in [0.2, 0.25) is 0 Å². The monoisotopic (exact) mass is 307 g/mol. The number of benzene rings is 1. The Hall–Kier alpha value is -1.90. The summed E-state index contributed by atoms with van der Waals surface area (Å²) in [5.74, 6) is -3.02. The molecule has 9 heteroatoms. The van der Waals surface area contributed by atoms with Gasteiger partial charge in [-0.2, -0.15) is 0 Å². The smallest absolute Gasteiger partial charge is 0.329 e. The molecule has 1 rings (SSSR count). The van der Waals surface area contributed by atoms with E-state index in [1.54, 1.807) is 25.5 Å². The van der Waals surface area contributed by atoms with Crippen LogP contribution >= 0.6 is 0 Å². The van der Waals surface area contributed by atoms with E-state index in [2.05, 4.69) is 5.32 Å².